The van der Waals surface area contributed by atoms with E-state index in [1.54, 1.807) is 18.2 Å². The van der Waals surface area contributed by atoms with Crippen molar-refractivity contribution in [1.82, 2.24) is 4.98 Å². The SMILES string of the molecule is N#CC=Cc1ccc(C[18F])nc1. The summed E-state index contributed by atoms with van der Waals surface area (Å²) in [4.78, 5) is 3.81. The number of alkyl halides is 1. The molecule has 1 heterocycles. The molecular weight excluding hydrogens is 154 g/mol. The molecule has 0 aliphatic heterocycles. The van der Waals surface area contributed by atoms with Crippen LogP contribution in [0.25, 0.3) is 6.08 Å². The summed E-state index contributed by atoms with van der Waals surface area (Å²) in [6.07, 6.45) is 4.50. The molecule has 0 fully saturated rings. The van der Waals surface area contributed by atoms with Crippen LogP contribution in [0.2, 0.25) is 0 Å². The highest BCUT2D eigenvalue weighted by molar-refractivity contribution is 5.50. The second-order valence-electron chi connectivity index (χ2n) is 2.18. The number of nitriles is 1. The van der Waals surface area contributed by atoms with Crippen LogP contribution in [0.15, 0.2) is 24.4 Å². The lowest BCUT2D eigenvalue weighted by Crippen LogP contribution is -1.84. The quantitative estimate of drug-likeness (QED) is 0.622. The summed E-state index contributed by atoms with van der Waals surface area (Å²) >= 11 is 0. The fraction of sp³-hybridized carbons (Fsp3) is 0.111. The topological polar surface area (TPSA) is 36.7 Å². The normalized spacial score (nSPS) is 10.0. The molecule has 0 aliphatic rings. The molecule has 0 bridgehead atoms. The number of pyridine rings is 1. The van der Waals surface area contributed by atoms with E-state index in [-0.39, 0.29) is 0 Å². The fourth-order valence-electron chi connectivity index (χ4n) is 0.747. The van der Waals surface area contributed by atoms with Gasteiger partial charge in [-0.1, -0.05) is 6.07 Å². The molecule has 0 saturated heterocycles. The van der Waals surface area contributed by atoms with E-state index in [1.807, 2.05) is 6.07 Å². The van der Waals surface area contributed by atoms with E-state index < -0.39 is 6.67 Å². The molecule has 0 aliphatic carbocycles. The Kier molecular flexibility index (Phi) is 2.97. The Morgan fingerprint density at radius 3 is 2.92 bits per heavy atom. The zero-order valence-electron chi connectivity index (χ0n) is 6.37. The van der Waals surface area contributed by atoms with Gasteiger partial charge >= 0.3 is 0 Å². The smallest absolute Gasteiger partial charge is 0.131 e. The Labute approximate surface area is 70.0 Å². The molecule has 0 spiro atoms. The van der Waals surface area contributed by atoms with Gasteiger partial charge in [0.2, 0.25) is 0 Å². The first-order chi connectivity index (χ1) is 5.86. The Hall–Kier alpha value is -1.69. The molecule has 0 atom stereocenters. The molecule has 3 heteroatoms. The van der Waals surface area contributed by atoms with Crippen LogP contribution in [0.3, 0.4) is 0 Å². The highest BCUT2D eigenvalue weighted by atomic mass is 18.2. The number of halogens is 1. The summed E-state index contributed by atoms with van der Waals surface area (Å²) in [5.41, 5.74) is 1.21. The van der Waals surface area contributed by atoms with Crippen molar-refractivity contribution in [3.8, 4) is 6.07 Å². The van der Waals surface area contributed by atoms with Gasteiger partial charge in [0, 0.05) is 12.3 Å². The molecule has 12 heavy (non-hydrogen) atoms. The largest absolute Gasteiger partial charge is 0.258 e. The molecule has 0 unspecified atom stereocenters. The summed E-state index contributed by atoms with van der Waals surface area (Å²) in [5, 5.41) is 8.21. The van der Waals surface area contributed by atoms with Crippen molar-refractivity contribution in [3.63, 3.8) is 0 Å². The summed E-state index contributed by atoms with van der Waals surface area (Å²) in [5.74, 6) is 0. The van der Waals surface area contributed by atoms with Crippen LogP contribution in [0.1, 0.15) is 11.3 Å². The van der Waals surface area contributed by atoms with Gasteiger partial charge in [-0.15, -0.1) is 0 Å². The minimum absolute atomic E-state index is 0.407. The van der Waals surface area contributed by atoms with E-state index in [2.05, 4.69) is 4.98 Å². The van der Waals surface area contributed by atoms with Crippen LogP contribution in [-0.4, -0.2) is 4.98 Å². The van der Waals surface area contributed by atoms with Gasteiger partial charge in [-0.2, -0.15) is 5.26 Å². The maximum absolute atomic E-state index is 12.0. The predicted octanol–water partition coefficient (Wildman–Crippen LogP) is 2.09. The third kappa shape index (κ3) is 2.17. The van der Waals surface area contributed by atoms with Crippen molar-refractivity contribution in [2.24, 2.45) is 0 Å². The molecule has 0 amide bonds. The van der Waals surface area contributed by atoms with Crippen LogP contribution in [0.5, 0.6) is 0 Å². The molecule has 0 aromatic carbocycles. The first-order valence-corrected chi connectivity index (χ1v) is 3.44. The van der Waals surface area contributed by atoms with E-state index in [4.69, 9.17) is 5.26 Å². The zero-order chi connectivity index (χ0) is 8.81. The summed E-state index contributed by atoms with van der Waals surface area (Å²) < 4.78 is 12.0. The molecule has 1 aromatic heterocycles. The van der Waals surface area contributed by atoms with Crippen molar-refractivity contribution < 1.29 is 4.39 Å². The zero-order valence-corrected chi connectivity index (χ0v) is 6.37. The van der Waals surface area contributed by atoms with Gasteiger partial charge in [-0.05, 0) is 17.7 Å². The molecule has 1 rings (SSSR count). The Morgan fingerprint density at radius 2 is 2.42 bits per heavy atom. The average Bonchev–Trinajstić information content (AvgIpc) is 2.15. The Morgan fingerprint density at radius 1 is 1.58 bits per heavy atom. The van der Waals surface area contributed by atoms with Gasteiger partial charge in [-0.3, -0.25) is 4.98 Å². The monoisotopic (exact) mass is 161 g/mol. The Balaban J connectivity index is 2.79. The summed E-state index contributed by atoms with van der Waals surface area (Å²) in [6.45, 7) is -0.553. The van der Waals surface area contributed by atoms with Gasteiger partial charge in [0.25, 0.3) is 0 Å². The van der Waals surface area contributed by atoms with Gasteiger partial charge < -0.3 is 0 Å². The third-order valence-electron chi connectivity index (χ3n) is 1.33. The molecule has 0 N–H and O–H groups in total. The summed E-state index contributed by atoms with van der Waals surface area (Å²) in [6, 6.07) is 5.17. The molecule has 60 valence electrons. The highest BCUT2D eigenvalue weighted by Gasteiger charge is 1.91. The number of allylic oxidation sites excluding steroid dienone is 1. The van der Waals surface area contributed by atoms with E-state index >= 15 is 0 Å². The molecular formula is C9H7FN2. The van der Waals surface area contributed by atoms with Gasteiger partial charge in [0.1, 0.15) is 6.67 Å². The fourth-order valence-corrected chi connectivity index (χ4v) is 0.747. The minimum atomic E-state index is -0.553. The molecule has 1 aromatic rings. The van der Waals surface area contributed by atoms with E-state index in [1.165, 1.54) is 12.3 Å². The lowest BCUT2D eigenvalue weighted by atomic mass is 10.2. The van der Waals surface area contributed by atoms with Gasteiger partial charge in [-0.25, -0.2) is 4.39 Å². The second-order valence-corrected chi connectivity index (χ2v) is 2.18. The predicted molar refractivity (Wildman–Crippen MR) is 43.7 cm³/mol. The van der Waals surface area contributed by atoms with Gasteiger partial charge in [0.05, 0.1) is 11.8 Å². The van der Waals surface area contributed by atoms with Crippen molar-refractivity contribution in [1.29, 1.82) is 5.26 Å². The van der Waals surface area contributed by atoms with Crippen LogP contribution in [0, 0.1) is 11.3 Å². The molecule has 0 radical (unpaired) electrons. The molecule has 2 nitrogen and oxygen atoms in total. The second kappa shape index (κ2) is 4.24. The van der Waals surface area contributed by atoms with Crippen molar-refractivity contribution in [2.45, 2.75) is 6.67 Å². The Bertz CT molecular complexity index is 308. The van der Waals surface area contributed by atoms with Crippen molar-refractivity contribution in [2.75, 3.05) is 0 Å². The van der Waals surface area contributed by atoms with E-state index in [9.17, 15) is 4.39 Å². The number of nitrogens with zero attached hydrogens (tertiary/aromatic N) is 2. The highest BCUT2D eigenvalue weighted by Crippen LogP contribution is 2.02. The number of hydrogen-bond acceptors (Lipinski definition) is 2. The van der Waals surface area contributed by atoms with Crippen LogP contribution >= 0.6 is 0 Å². The molecule has 0 saturated carbocycles. The van der Waals surface area contributed by atoms with Crippen molar-refractivity contribution in [3.05, 3.63) is 35.7 Å². The average molecular weight is 161 g/mol. The maximum atomic E-state index is 12.0. The van der Waals surface area contributed by atoms with Crippen LogP contribution in [0.4, 0.5) is 4.39 Å². The first kappa shape index (κ1) is 8.41. The number of rotatable bonds is 2. The summed E-state index contributed by atoms with van der Waals surface area (Å²) in [7, 11) is 0. The lowest BCUT2D eigenvalue weighted by molar-refractivity contribution is 0.476. The van der Waals surface area contributed by atoms with Crippen LogP contribution in [-0.2, 0) is 6.67 Å². The first-order valence-electron chi connectivity index (χ1n) is 3.44. The van der Waals surface area contributed by atoms with Crippen LogP contribution < -0.4 is 0 Å². The number of hydrogen-bond donors (Lipinski definition) is 0. The van der Waals surface area contributed by atoms with Gasteiger partial charge in [0.15, 0.2) is 0 Å². The van der Waals surface area contributed by atoms with E-state index in [0.29, 0.717) is 5.69 Å². The maximum Gasteiger partial charge on any atom is 0.131 e. The number of aromatic nitrogens is 1. The minimum Gasteiger partial charge on any atom is -0.258 e. The standard InChI is InChI=1S/C9H7FN2/c10-6-9-4-3-8(7-12-9)2-1-5-11/h1-4,7H,6H2/i10-1. The van der Waals surface area contributed by atoms with Crippen molar-refractivity contribution >= 4 is 6.08 Å². The van der Waals surface area contributed by atoms with E-state index in [0.717, 1.165) is 5.56 Å². The third-order valence-corrected chi connectivity index (χ3v) is 1.33. The lowest BCUT2D eigenvalue weighted by Gasteiger charge is -1.93.